The third kappa shape index (κ3) is 2.45. The molecule has 1 N–H and O–H groups in total. The minimum atomic E-state index is -0.172. The molecule has 13 heavy (non-hydrogen) atoms. The molecule has 0 radical (unpaired) electrons. The first-order chi connectivity index (χ1) is 6.29. The van der Waals surface area contributed by atoms with Gasteiger partial charge >= 0.3 is 0 Å². The van der Waals surface area contributed by atoms with Crippen molar-refractivity contribution in [2.75, 3.05) is 23.9 Å². The van der Waals surface area contributed by atoms with Crippen LogP contribution in [0.1, 0.15) is 6.92 Å². The van der Waals surface area contributed by atoms with Crippen molar-refractivity contribution in [2.24, 2.45) is 0 Å². The van der Waals surface area contributed by atoms with Crippen LogP contribution in [0, 0.1) is 0 Å². The minimum absolute atomic E-state index is 0.172. The Morgan fingerprint density at radius 1 is 1.69 bits per heavy atom. The average Bonchev–Trinajstić information content (AvgIpc) is 2.16. The van der Waals surface area contributed by atoms with Gasteiger partial charge in [-0.15, -0.1) is 11.6 Å². The second kappa shape index (κ2) is 4.87. The van der Waals surface area contributed by atoms with Gasteiger partial charge in [-0.1, -0.05) is 0 Å². The molecular formula is C8H12ClN3O. The van der Waals surface area contributed by atoms with E-state index in [1.807, 2.05) is 11.8 Å². The lowest BCUT2D eigenvalue weighted by Crippen LogP contribution is -2.31. The zero-order valence-corrected chi connectivity index (χ0v) is 8.21. The third-order valence-corrected chi connectivity index (χ3v) is 1.89. The number of alkyl halides is 1. The lowest BCUT2D eigenvalue weighted by molar-refractivity contribution is 0.835. The molecule has 0 spiro atoms. The Hall–Kier alpha value is -1.03. The van der Waals surface area contributed by atoms with Crippen molar-refractivity contribution in [3.05, 3.63) is 22.7 Å². The van der Waals surface area contributed by atoms with Crippen molar-refractivity contribution in [3.63, 3.8) is 0 Å². The van der Waals surface area contributed by atoms with Crippen LogP contribution in [-0.4, -0.2) is 28.9 Å². The molecule has 1 aromatic heterocycles. The summed E-state index contributed by atoms with van der Waals surface area (Å²) >= 11 is 5.60. The van der Waals surface area contributed by atoms with E-state index in [1.54, 1.807) is 6.20 Å². The summed E-state index contributed by atoms with van der Waals surface area (Å²) in [6, 6.07) is 0. The van der Waals surface area contributed by atoms with Gasteiger partial charge in [0.25, 0.3) is 5.56 Å². The molecular weight excluding hydrogens is 190 g/mol. The Labute approximate surface area is 81.6 Å². The Kier molecular flexibility index (Phi) is 3.76. The Morgan fingerprint density at radius 3 is 3.00 bits per heavy atom. The van der Waals surface area contributed by atoms with E-state index in [0.717, 1.165) is 6.54 Å². The number of hydrogen-bond donors (Lipinski definition) is 1. The van der Waals surface area contributed by atoms with Crippen LogP contribution >= 0.6 is 11.6 Å². The van der Waals surface area contributed by atoms with Crippen LogP contribution in [0.5, 0.6) is 0 Å². The first-order valence-electron chi connectivity index (χ1n) is 4.14. The summed E-state index contributed by atoms with van der Waals surface area (Å²) in [7, 11) is 0. The summed E-state index contributed by atoms with van der Waals surface area (Å²) in [6.45, 7) is 3.33. The smallest absolute Gasteiger partial charge is 0.290 e. The fourth-order valence-electron chi connectivity index (χ4n) is 1.09. The fraction of sp³-hybridized carbons (Fsp3) is 0.500. The maximum absolute atomic E-state index is 11.3. The Bertz CT molecular complexity index is 312. The van der Waals surface area contributed by atoms with E-state index >= 15 is 0 Å². The topological polar surface area (TPSA) is 49.0 Å². The van der Waals surface area contributed by atoms with Crippen LogP contribution in [0.3, 0.4) is 0 Å². The predicted octanol–water partition coefficient (Wildman–Crippen LogP) is 0.835. The molecule has 0 bridgehead atoms. The van der Waals surface area contributed by atoms with E-state index in [0.29, 0.717) is 18.2 Å². The third-order valence-electron chi connectivity index (χ3n) is 1.72. The zero-order valence-electron chi connectivity index (χ0n) is 7.46. The van der Waals surface area contributed by atoms with Gasteiger partial charge in [-0.25, -0.2) is 4.98 Å². The van der Waals surface area contributed by atoms with Crippen LogP contribution in [0.4, 0.5) is 5.82 Å². The SMILES string of the molecule is CCN(CCCl)c1ncc[nH]c1=O. The van der Waals surface area contributed by atoms with Crippen LogP contribution in [0.15, 0.2) is 17.2 Å². The monoisotopic (exact) mass is 201 g/mol. The van der Waals surface area contributed by atoms with Gasteiger partial charge in [0, 0.05) is 31.4 Å². The number of nitrogens with zero attached hydrogens (tertiary/aromatic N) is 2. The average molecular weight is 202 g/mol. The number of rotatable bonds is 4. The first kappa shape index (κ1) is 10.1. The highest BCUT2D eigenvalue weighted by Gasteiger charge is 2.07. The molecule has 0 fully saturated rings. The summed E-state index contributed by atoms with van der Waals surface area (Å²) in [5.41, 5.74) is -0.172. The predicted molar refractivity (Wildman–Crippen MR) is 53.5 cm³/mol. The van der Waals surface area contributed by atoms with Gasteiger partial charge in [-0.05, 0) is 6.92 Å². The van der Waals surface area contributed by atoms with Gasteiger partial charge < -0.3 is 9.88 Å². The standard InChI is InChI=1S/C8H12ClN3O/c1-2-12(6-3-9)7-8(13)11-5-4-10-7/h4-5H,2-3,6H2,1H3,(H,11,13). The molecule has 5 heteroatoms. The normalized spacial score (nSPS) is 10.0. The summed E-state index contributed by atoms with van der Waals surface area (Å²) in [4.78, 5) is 19.7. The molecule has 72 valence electrons. The molecule has 1 heterocycles. The maximum atomic E-state index is 11.3. The lowest BCUT2D eigenvalue weighted by Gasteiger charge is -2.18. The van der Waals surface area contributed by atoms with Gasteiger partial charge in [0.15, 0.2) is 5.82 Å². The Balaban J connectivity index is 2.91. The van der Waals surface area contributed by atoms with Crippen LogP contribution in [0.2, 0.25) is 0 Å². The van der Waals surface area contributed by atoms with E-state index in [1.165, 1.54) is 6.20 Å². The Morgan fingerprint density at radius 2 is 2.46 bits per heavy atom. The highest BCUT2D eigenvalue weighted by Crippen LogP contribution is 2.01. The number of aromatic nitrogens is 2. The summed E-state index contributed by atoms with van der Waals surface area (Å²) in [6.07, 6.45) is 3.08. The fourth-order valence-corrected chi connectivity index (χ4v) is 1.29. The van der Waals surface area contributed by atoms with Gasteiger partial charge in [0.1, 0.15) is 0 Å². The van der Waals surface area contributed by atoms with Gasteiger partial charge in [0.2, 0.25) is 0 Å². The van der Waals surface area contributed by atoms with Gasteiger partial charge in [0.05, 0.1) is 0 Å². The minimum Gasteiger partial charge on any atom is -0.351 e. The van der Waals surface area contributed by atoms with Gasteiger partial charge in [-0.2, -0.15) is 0 Å². The molecule has 0 amide bonds. The van der Waals surface area contributed by atoms with E-state index in [9.17, 15) is 4.79 Å². The number of halogens is 1. The highest BCUT2D eigenvalue weighted by molar-refractivity contribution is 6.18. The molecule has 0 saturated carbocycles. The van der Waals surface area contributed by atoms with Crippen LogP contribution < -0.4 is 10.5 Å². The molecule has 0 atom stereocenters. The van der Waals surface area contributed by atoms with E-state index < -0.39 is 0 Å². The number of nitrogens with one attached hydrogen (secondary N) is 1. The molecule has 0 aliphatic carbocycles. The van der Waals surface area contributed by atoms with Crippen molar-refractivity contribution in [2.45, 2.75) is 6.92 Å². The first-order valence-corrected chi connectivity index (χ1v) is 4.67. The van der Waals surface area contributed by atoms with E-state index in [4.69, 9.17) is 11.6 Å². The quantitative estimate of drug-likeness (QED) is 0.735. The van der Waals surface area contributed by atoms with Gasteiger partial charge in [-0.3, -0.25) is 4.79 Å². The number of anilines is 1. The summed E-state index contributed by atoms with van der Waals surface area (Å²) in [5, 5.41) is 0. The second-order valence-electron chi connectivity index (χ2n) is 2.51. The molecule has 0 aromatic carbocycles. The highest BCUT2D eigenvalue weighted by atomic mass is 35.5. The molecule has 0 unspecified atom stereocenters. The van der Waals surface area contributed by atoms with Crippen molar-refractivity contribution in [1.82, 2.24) is 9.97 Å². The van der Waals surface area contributed by atoms with Crippen molar-refractivity contribution in [1.29, 1.82) is 0 Å². The van der Waals surface area contributed by atoms with Crippen molar-refractivity contribution >= 4 is 17.4 Å². The molecule has 4 nitrogen and oxygen atoms in total. The zero-order chi connectivity index (χ0) is 9.68. The molecule has 1 aromatic rings. The number of hydrogen-bond acceptors (Lipinski definition) is 3. The summed E-state index contributed by atoms with van der Waals surface area (Å²) < 4.78 is 0. The number of aromatic amines is 1. The maximum Gasteiger partial charge on any atom is 0.290 e. The second-order valence-corrected chi connectivity index (χ2v) is 2.89. The molecule has 0 aliphatic heterocycles. The lowest BCUT2D eigenvalue weighted by atomic mass is 10.5. The number of H-pyrrole nitrogens is 1. The van der Waals surface area contributed by atoms with Crippen LogP contribution in [0.25, 0.3) is 0 Å². The molecule has 0 saturated heterocycles. The van der Waals surface area contributed by atoms with Crippen LogP contribution in [-0.2, 0) is 0 Å². The van der Waals surface area contributed by atoms with E-state index in [-0.39, 0.29) is 5.56 Å². The van der Waals surface area contributed by atoms with Crippen molar-refractivity contribution in [3.8, 4) is 0 Å². The molecule has 1 rings (SSSR count). The summed E-state index contributed by atoms with van der Waals surface area (Å²) in [5.74, 6) is 0.926. The largest absolute Gasteiger partial charge is 0.351 e. The van der Waals surface area contributed by atoms with E-state index in [2.05, 4.69) is 9.97 Å². The molecule has 0 aliphatic rings. The van der Waals surface area contributed by atoms with Crippen molar-refractivity contribution < 1.29 is 0 Å².